The van der Waals surface area contributed by atoms with Gasteiger partial charge in [-0.15, -0.1) is 24.0 Å². The zero-order valence-corrected chi connectivity index (χ0v) is 20.1. The maximum Gasteiger partial charge on any atom is 0.194 e. The Hall–Kier alpha value is -1.26. The Bertz CT molecular complexity index is 617. The van der Waals surface area contributed by atoms with E-state index in [4.69, 9.17) is 14.5 Å². The summed E-state index contributed by atoms with van der Waals surface area (Å²) in [5.74, 6) is 1.96. The Morgan fingerprint density at radius 2 is 1.90 bits per heavy atom. The van der Waals surface area contributed by atoms with E-state index in [1.807, 2.05) is 6.07 Å². The van der Waals surface area contributed by atoms with Crippen molar-refractivity contribution in [2.75, 3.05) is 84.1 Å². The van der Waals surface area contributed by atoms with Gasteiger partial charge >= 0.3 is 0 Å². The van der Waals surface area contributed by atoms with E-state index in [1.165, 1.54) is 5.69 Å². The highest BCUT2D eigenvalue weighted by molar-refractivity contribution is 14.0. The number of nitrogens with one attached hydrogen (secondary N) is 1. The van der Waals surface area contributed by atoms with Crippen LogP contribution in [-0.2, 0) is 4.74 Å². The molecule has 0 aromatic heterocycles. The molecular formula is C21H36IN5O2. The lowest BCUT2D eigenvalue weighted by Crippen LogP contribution is -2.52. The number of ether oxygens (including phenoxy) is 2. The van der Waals surface area contributed by atoms with Crippen molar-refractivity contribution in [2.24, 2.45) is 4.99 Å². The van der Waals surface area contributed by atoms with Crippen LogP contribution in [0, 0.1) is 0 Å². The first kappa shape index (κ1) is 24.0. The minimum atomic E-state index is 0. The minimum absolute atomic E-state index is 0. The van der Waals surface area contributed by atoms with Gasteiger partial charge in [0.1, 0.15) is 5.75 Å². The van der Waals surface area contributed by atoms with Crippen LogP contribution in [0.1, 0.15) is 13.3 Å². The quantitative estimate of drug-likeness (QED) is 0.259. The summed E-state index contributed by atoms with van der Waals surface area (Å²) >= 11 is 0. The van der Waals surface area contributed by atoms with E-state index in [9.17, 15) is 0 Å². The average Bonchev–Trinajstić information content (AvgIpc) is 2.77. The van der Waals surface area contributed by atoms with Crippen molar-refractivity contribution in [3.63, 3.8) is 0 Å². The van der Waals surface area contributed by atoms with Gasteiger partial charge in [0.25, 0.3) is 0 Å². The second-order valence-electron chi connectivity index (χ2n) is 7.22. The summed E-state index contributed by atoms with van der Waals surface area (Å²) in [6.45, 7) is 12.8. The molecule has 1 aromatic carbocycles. The number of nitrogens with zero attached hydrogens (tertiary/aromatic N) is 4. The van der Waals surface area contributed by atoms with Gasteiger partial charge in [-0.25, -0.2) is 0 Å². The fourth-order valence-electron chi connectivity index (χ4n) is 3.71. The lowest BCUT2D eigenvalue weighted by atomic mass is 10.2. The third-order valence-electron chi connectivity index (χ3n) is 5.33. The molecule has 0 amide bonds. The number of guanidine groups is 1. The molecule has 7 nitrogen and oxygen atoms in total. The van der Waals surface area contributed by atoms with Crippen LogP contribution < -0.4 is 15.0 Å². The SMILES string of the molecule is CCNC(=NCCCN1CCOCC1)N1CCN(c2cccc(OC)c2)CC1.I. The van der Waals surface area contributed by atoms with Crippen LogP contribution in [0.4, 0.5) is 5.69 Å². The number of aliphatic imine (C=N–C) groups is 1. The van der Waals surface area contributed by atoms with E-state index in [2.05, 4.69) is 45.1 Å². The number of hydrogen-bond donors (Lipinski definition) is 1. The molecule has 3 rings (SSSR count). The maximum atomic E-state index is 5.41. The lowest BCUT2D eigenvalue weighted by molar-refractivity contribution is 0.0377. The van der Waals surface area contributed by atoms with Crippen LogP contribution in [0.25, 0.3) is 0 Å². The van der Waals surface area contributed by atoms with E-state index < -0.39 is 0 Å². The fraction of sp³-hybridized carbons (Fsp3) is 0.667. The number of piperazine rings is 1. The number of anilines is 1. The Labute approximate surface area is 192 Å². The molecule has 0 aliphatic carbocycles. The number of hydrogen-bond acceptors (Lipinski definition) is 5. The number of methoxy groups -OCH3 is 1. The van der Waals surface area contributed by atoms with Gasteiger partial charge in [-0.3, -0.25) is 9.89 Å². The first-order valence-electron chi connectivity index (χ1n) is 10.5. The molecule has 1 N–H and O–H groups in total. The molecule has 0 bridgehead atoms. The predicted octanol–water partition coefficient (Wildman–Crippen LogP) is 2.12. The summed E-state index contributed by atoms with van der Waals surface area (Å²) in [7, 11) is 1.72. The third-order valence-corrected chi connectivity index (χ3v) is 5.33. The number of benzene rings is 1. The molecule has 0 saturated carbocycles. The Morgan fingerprint density at radius 1 is 1.14 bits per heavy atom. The molecule has 1 aromatic rings. The minimum Gasteiger partial charge on any atom is -0.497 e. The first-order valence-corrected chi connectivity index (χ1v) is 10.5. The van der Waals surface area contributed by atoms with Crippen LogP contribution in [0.2, 0.25) is 0 Å². The van der Waals surface area contributed by atoms with Gasteiger partial charge in [-0.05, 0) is 25.5 Å². The molecule has 2 aliphatic rings. The molecule has 29 heavy (non-hydrogen) atoms. The van der Waals surface area contributed by atoms with Crippen molar-refractivity contribution in [3.05, 3.63) is 24.3 Å². The standard InChI is InChI=1S/C21H35N5O2.HI/c1-3-22-21(23-8-5-9-24-14-16-28-17-15-24)26-12-10-25(11-13-26)19-6-4-7-20(18-19)27-2;/h4,6-7,18H,3,5,8-17H2,1-2H3,(H,22,23);1H. The molecule has 164 valence electrons. The van der Waals surface area contributed by atoms with E-state index in [0.717, 1.165) is 90.2 Å². The van der Waals surface area contributed by atoms with Gasteiger partial charge in [0.2, 0.25) is 0 Å². The van der Waals surface area contributed by atoms with E-state index >= 15 is 0 Å². The summed E-state index contributed by atoms with van der Waals surface area (Å²) in [6, 6.07) is 8.32. The summed E-state index contributed by atoms with van der Waals surface area (Å²) < 4.78 is 10.8. The van der Waals surface area contributed by atoms with Crippen molar-refractivity contribution < 1.29 is 9.47 Å². The Balaban J connectivity index is 0.00000300. The molecule has 0 spiro atoms. The van der Waals surface area contributed by atoms with Crippen molar-refractivity contribution in [3.8, 4) is 5.75 Å². The highest BCUT2D eigenvalue weighted by Gasteiger charge is 2.20. The monoisotopic (exact) mass is 517 g/mol. The average molecular weight is 517 g/mol. The number of morpholine rings is 1. The van der Waals surface area contributed by atoms with Crippen molar-refractivity contribution >= 4 is 35.6 Å². The number of halogens is 1. The third kappa shape index (κ3) is 7.49. The molecule has 0 atom stereocenters. The fourth-order valence-corrected chi connectivity index (χ4v) is 3.71. The normalized spacial score (nSPS) is 18.3. The predicted molar refractivity (Wildman–Crippen MR) is 130 cm³/mol. The van der Waals surface area contributed by atoms with Crippen molar-refractivity contribution in [1.82, 2.24) is 15.1 Å². The van der Waals surface area contributed by atoms with Crippen LogP contribution in [0.5, 0.6) is 5.75 Å². The van der Waals surface area contributed by atoms with Crippen LogP contribution in [0.3, 0.4) is 0 Å². The van der Waals surface area contributed by atoms with Crippen LogP contribution in [-0.4, -0.2) is 95.0 Å². The zero-order valence-electron chi connectivity index (χ0n) is 17.8. The number of rotatable bonds is 7. The van der Waals surface area contributed by atoms with Crippen molar-refractivity contribution in [1.29, 1.82) is 0 Å². The van der Waals surface area contributed by atoms with Gasteiger partial charge in [0.05, 0.1) is 20.3 Å². The first-order chi connectivity index (χ1) is 13.8. The smallest absolute Gasteiger partial charge is 0.194 e. The summed E-state index contributed by atoms with van der Waals surface area (Å²) in [5, 5.41) is 3.47. The summed E-state index contributed by atoms with van der Waals surface area (Å²) in [6.07, 6.45) is 1.10. The van der Waals surface area contributed by atoms with Gasteiger partial charge in [0.15, 0.2) is 5.96 Å². The summed E-state index contributed by atoms with van der Waals surface area (Å²) in [5.41, 5.74) is 1.23. The molecule has 2 heterocycles. The van der Waals surface area contributed by atoms with Gasteiger partial charge in [-0.2, -0.15) is 0 Å². The molecular weight excluding hydrogens is 481 g/mol. The molecule has 8 heteroatoms. The topological polar surface area (TPSA) is 52.6 Å². The van der Waals surface area contributed by atoms with Gasteiger partial charge in [-0.1, -0.05) is 6.07 Å². The highest BCUT2D eigenvalue weighted by Crippen LogP contribution is 2.22. The highest BCUT2D eigenvalue weighted by atomic mass is 127. The van der Waals surface area contributed by atoms with Crippen molar-refractivity contribution in [2.45, 2.75) is 13.3 Å². The van der Waals surface area contributed by atoms with Crippen LogP contribution >= 0.6 is 24.0 Å². The van der Waals surface area contributed by atoms with E-state index in [0.29, 0.717) is 0 Å². The second-order valence-corrected chi connectivity index (χ2v) is 7.22. The molecule has 0 unspecified atom stereocenters. The largest absolute Gasteiger partial charge is 0.497 e. The molecule has 2 saturated heterocycles. The van der Waals surface area contributed by atoms with Gasteiger partial charge < -0.3 is 24.6 Å². The Morgan fingerprint density at radius 3 is 2.59 bits per heavy atom. The maximum absolute atomic E-state index is 5.41. The van der Waals surface area contributed by atoms with E-state index in [1.54, 1.807) is 7.11 Å². The van der Waals surface area contributed by atoms with E-state index in [-0.39, 0.29) is 24.0 Å². The zero-order chi connectivity index (χ0) is 19.6. The van der Waals surface area contributed by atoms with Crippen LogP contribution in [0.15, 0.2) is 29.3 Å². The molecule has 2 aliphatic heterocycles. The van der Waals surface area contributed by atoms with Gasteiger partial charge in [0, 0.05) is 70.7 Å². The summed E-state index contributed by atoms with van der Waals surface area (Å²) in [4.78, 5) is 12.2. The second kappa shape index (κ2) is 13.1. The molecule has 2 fully saturated rings. The Kier molecular flexibility index (Phi) is 10.9. The lowest BCUT2D eigenvalue weighted by Gasteiger charge is -2.37. The molecule has 0 radical (unpaired) electrons.